The predicted octanol–water partition coefficient (Wildman–Crippen LogP) is 3.62. The summed E-state index contributed by atoms with van der Waals surface area (Å²) in [5.41, 5.74) is 0.240. The van der Waals surface area contributed by atoms with E-state index in [0.717, 1.165) is 12.3 Å². The third kappa shape index (κ3) is 2.55. The molecular formula is C12H20. The Balaban J connectivity index is 2.66. The second-order valence-corrected chi connectivity index (χ2v) is 4.52. The highest BCUT2D eigenvalue weighted by Crippen LogP contribution is 2.30. The summed E-state index contributed by atoms with van der Waals surface area (Å²) in [6, 6.07) is 0. The molecule has 0 spiro atoms. The molecule has 0 N–H and O–H groups in total. The molecule has 1 unspecified atom stereocenters. The van der Waals surface area contributed by atoms with Crippen LogP contribution in [0, 0.1) is 23.2 Å². The van der Waals surface area contributed by atoms with Gasteiger partial charge in [-0.3, -0.25) is 0 Å². The molecule has 0 nitrogen and oxygen atoms in total. The normalized spacial score (nSPS) is 29.1. The first kappa shape index (κ1) is 9.65. The summed E-state index contributed by atoms with van der Waals surface area (Å²) < 4.78 is 0. The molecular weight excluding hydrogens is 144 g/mol. The van der Waals surface area contributed by atoms with Gasteiger partial charge in [0.1, 0.15) is 0 Å². The van der Waals surface area contributed by atoms with Gasteiger partial charge in [0.2, 0.25) is 0 Å². The lowest BCUT2D eigenvalue weighted by Crippen LogP contribution is -2.19. The summed E-state index contributed by atoms with van der Waals surface area (Å²) in [6.07, 6.45) is 6.51. The maximum Gasteiger partial charge on any atom is 0.0283 e. The summed E-state index contributed by atoms with van der Waals surface area (Å²) in [6.45, 7) is 6.88. The lowest BCUT2D eigenvalue weighted by Gasteiger charge is -2.25. The van der Waals surface area contributed by atoms with Gasteiger partial charge in [-0.15, -0.1) is 5.92 Å². The van der Waals surface area contributed by atoms with Crippen LogP contribution in [0.3, 0.4) is 0 Å². The minimum absolute atomic E-state index is 0.240. The van der Waals surface area contributed by atoms with Gasteiger partial charge in [-0.2, -0.15) is 0 Å². The summed E-state index contributed by atoms with van der Waals surface area (Å²) in [5, 5.41) is 0. The molecule has 0 aromatic heterocycles. The Morgan fingerprint density at radius 1 is 1.17 bits per heavy atom. The first-order valence-corrected chi connectivity index (χ1v) is 5.13. The van der Waals surface area contributed by atoms with Crippen LogP contribution < -0.4 is 0 Å². The van der Waals surface area contributed by atoms with Crippen molar-refractivity contribution in [2.24, 2.45) is 11.3 Å². The largest absolute Gasteiger partial charge is 0.103 e. The molecule has 1 atom stereocenters. The Morgan fingerprint density at radius 3 is 2.67 bits per heavy atom. The third-order valence-corrected chi connectivity index (χ3v) is 3.08. The van der Waals surface area contributed by atoms with Gasteiger partial charge >= 0.3 is 0 Å². The molecule has 0 saturated heterocycles. The zero-order valence-electron chi connectivity index (χ0n) is 8.61. The molecule has 0 heterocycles. The van der Waals surface area contributed by atoms with E-state index in [-0.39, 0.29) is 5.41 Å². The molecule has 1 aliphatic rings. The first-order valence-electron chi connectivity index (χ1n) is 5.13. The molecule has 0 heteroatoms. The molecule has 0 aromatic rings. The molecule has 68 valence electrons. The fourth-order valence-corrected chi connectivity index (χ4v) is 1.62. The van der Waals surface area contributed by atoms with E-state index in [4.69, 9.17) is 0 Å². The van der Waals surface area contributed by atoms with Crippen LogP contribution in [0.1, 0.15) is 52.9 Å². The molecule has 0 radical (unpaired) electrons. The lowest BCUT2D eigenvalue weighted by molar-refractivity contribution is 0.296. The summed E-state index contributed by atoms with van der Waals surface area (Å²) in [5.74, 6) is 7.45. The fraction of sp³-hybridized carbons (Fsp3) is 0.833. The summed E-state index contributed by atoms with van der Waals surface area (Å²) in [4.78, 5) is 0. The number of hydrogen-bond acceptors (Lipinski definition) is 0. The van der Waals surface area contributed by atoms with Crippen LogP contribution in [0.4, 0.5) is 0 Å². The van der Waals surface area contributed by atoms with E-state index in [2.05, 4.69) is 32.6 Å². The van der Waals surface area contributed by atoms with Crippen molar-refractivity contribution in [2.75, 3.05) is 0 Å². The van der Waals surface area contributed by atoms with Gasteiger partial charge in [-0.05, 0) is 32.6 Å². The second kappa shape index (κ2) is 3.99. The van der Waals surface area contributed by atoms with E-state index in [1.54, 1.807) is 0 Å². The van der Waals surface area contributed by atoms with Crippen LogP contribution in [0.5, 0.6) is 0 Å². The molecule has 1 aliphatic carbocycles. The van der Waals surface area contributed by atoms with Gasteiger partial charge in [0.15, 0.2) is 0 Å². The standard InChI is InChI=1S/C12H20/c1-11-9-7-5-4-6-8-10-12(11,2)3/h11H,4-7,9H2,1-3H3. The van der Waals surface area contributed by atoms with Crippen molar-refractivity contribution in [1.29, 1.82) is 0 Å². The van der Waals surface area contributed by atoms with Crippen LogP contribution >= 0.6 is 0 Å². The zero-order valence-corrected chi connectivity index (χ0v) is 8.61. The van der Waals surface area contributed by atoms with Crippen molar-refractivity contribution in [2.45, 2.75) is 52.9 Å². The van der Waals surface area contributed by atoms with Gasteiger partial charge in [-0.1, -0.05) is 25.7 Å². The highest BCUT2D eigenvalue weighted by molar-refractivity contribution is 5.10. The van der Waals surface area contributed by atoms with Crippen molar-refractivity contribution >= 4 is 0 Å². The maximum atomic E-state index is 3.40. The van der Waals surface area contributed by atoms with E-state index in [9.17, 15) is 0 Å². The Hall–Kier alpha value is -0.440. The van der Waals surface area contributed by atoms with Crippen LogP contribution in [-0.4, -0.2) is 0 Å². The van der Waals surface area contributed by atoms with E-state index >= 15 is 0 Å². The van der Waals surface area contributed by atoms with E-state index < -0.39 is 0 Å². The van der Waals surface area contributed by atoms with Crippen LogP contribution in [0.15, 0.2) is 0 Å². The molecule has 0 fully saturated rings. The van der Waals surface area contributed by atoms with E-state index in [1.807, 2.05) is 0 Å². The smallest absolute Gasteiger partial charge is 0.0283 e. The van der Waals surface area contributed by atoms with Crippen LogP contribution in [-0.2, 0) is 0 Å². The Morgan fingerprint density at radius 2 is 1.92 bits per heavy atom. The van der Waals surface area contributed by atoms with Gasteiger partial charge in [-0.25, -0.2) is 0 Å². The third-order valence-electron chi connectivity index (χ3n) is 3.08. The van der Waals surface area contributed by atoms with Crippen LogP contribution in [0.25, 0.3) is 0 Å². The minimum atomic E-state index is 0.240. The van der Waals surface area contributed by atoms with Crippen molar-refractivity contribution in [1.82, 2.24) is 0 Å². The first-order chi connectivity index (χ1) is 5.63. The predicted molar refractivity (Wildman–Crippen MR) is 53.8 cm³/mol. The second-order valence-electron chi connectivity index (χ2n) is 4.52. The fourth-order valence-electron chi connectivity index (χ4n) is 1.62. The lowest BCUT2D eigenvalue weighted by atomic mass is 9.78. The summed E-state index contributed by atoms with van der Waals surface area (Å²) >= 11 is 0. The minimum Gasteiger partial charge on any atom is -0.103 e. The van der Waals surface area contributed by atoms with Gasteiger partial charge in [0.05, 0.1) is 0 Å². The van der Waals surface area contributed by atoms with Crippen molar-refractivity contribution in [3.63, 3.8) is 0 Å². The topological polar surface area (TPSA) is 0 Å². The van der Waals surface area contributed by atoms with Crippen molar-refractivity contribution < 1.29 is 0 Å². The average Bonchev–Trinajstić information content (AvgIpc) is 2.06. The molecule has 1 rings (SSSR count). The maximum absolute atomic E-state index is 3.40. The van der Waals surface area contributed by atoms with Gasteiger partial charge in [0, 0.05) is 11.8 Å². The Bertz CT molecular complexity index is 190. The number of rotatable bonds is 0. The SMILES string of the molecule is CC1CCCCCC#CC1(C)C. The zero-order chi connectivity index (χ0) is 9.03. The average molecular weight is 164 g/mol. The van der Waals surface area contributed by atoms with Crippen molar-refractivity contribution in [3.05, 3.63) is 0 Å². The number of hydrogen-bond donors (Lipinski definition) is 0. The monoisotopic (exact) mass is 164 g/mol. The van der Waals surface area contributed by atoms with Crippen molar-refractivity contribution in [3.8, 4) is 11.8 Å². The highest BCUT2D eigenvalue weighted by atomic mass is 14.3. The Labute approximate surface area is 76.7 Å². The van der Waals surface area contributed by atoms with Gasteiger partial charge in [0.25, 0.3) is 0 Å². The Kier molecular flexibility index (Phi) is 3.20. The van der Waals surface area contributed by atoms with E-state index in [0.29, 0.717) is 0 Å². The van der Waals surface area contributed by atoms with E-state index in [1.165, 1.54) is 25.7 Å². The molecule has 0 saturated carbocycles. The molecule has 0 aromatic carbocycles. The van der Waals surface area contributed by atoms with Gasteiger partial charge < -0.3 is 0 Å². The molecule has 0 amide bonds. The highest BCUT2D eigenvalue weighted by Gasteiger charge is 2.23. The summed E-state index contributed by atoms with van der Waals surface area (Å²) in [7, 11) is 0. The molecule has 12 heavy (non-hydrogen) atoms. The van der Waals surface area contributed by atoms with Crippen LogP contribution in [0.2, 0.25) is 0 Å². The molecule has 0 bridgehead atoms. The quantitative estimate of drug-likeness (QED) is 0.480. The molecule has 0 aliphatic heterocycles.